The molecular weight excluding hydrogens is 420 g/mol. The minimum absolute atomic E-state index is 0.0829. The monoisotopic (exact) mass is 446 g/mol. The van der Waals surface area contributed by atoms with Gasteiger partial charge in [-0.05, 0) is 49.6 Å². The van der Waals surface area contributed by atoms with E-state index in [-0.39, 0.29) is 10.9 Å². The van der Waals surface area contributed by atoms with Gasteiger partial charge in [-0.15, -0.1) is 11.3 Å². The summed E-state index contributed by atoms with van der Waals surface area (Å²) in [5, 5.41) is 6.53. The van der Waals surface area contributed by atoms with Crippen molar-refractivity contribution in [2.24, 2.45) is 0 Å². The van der Waals surface area contributed by atoms with Crippen molar-refractivity contribution < 1.29 is 13.2 Å². The number of methoxy groups -OCH3 is 1. The van der Waals surface area contributed by atoms with Gasteiger partial charge in [-0.25, -0.2) is 8.42 Å². The summed E-state index contributed by atoms with van der Waals surface area (Å²) in [5.41, 5.74) is 1.61. The molecule has 9 heteroatoms. The summed E-state index contributed by atoms with van der Waals surface area (Å²) in [5.74, 6) is 0.809. The van der Waals surface area contributed by atoms with Crippen LogP contribution >= 0.6 is 11.3 Å². The van der Waals surface area contributed by atoms with Gasteiger partial charge in [0.15, 0.2) is 0 Å². The Morgan fingerprint density at radius 3 is 2.33 bits per heavy atom. The van der Waals surface area contributed by atoms with E-state index in [1.165, 1.54) is 11.3 Å². The average Bonchev–Trinajstić information content (AvgIpc) is 3.44. The van der Waals surface area contributed by atoms with Gasteiger partial charge in [-0.2, -0.15) is 9.40 Å². The molecule has 0 bridgehead atoms. The number of hydrogen-bond acceptors (Lipinski definition) is 6. The van der Waals surface area contributed by atoms with Crippen LogP contribution in [-0.2, 0) is 10.0 Å². The predicted molar refractivity (Wildman–Crippen MR) is 120 cm³/mol. The molecule has 160 valence electrons. The topological polar surface area (TPSA) is 67.7 Å². The molecule has 0 radical (unpaired) electrons. The lowest BCUT2D eigenvalue weighted by molar-refractivity contribution is 0.384. The van der Waals surface area contributed by atoms with Gasteiger partial charge in [0.2, 0.25) is 10.0 Å². The lowest BCUT2D eigenvalue weighted by atomic mass is 10.2. The average molecular weight is 447 g/mol. The Morgan fingerprint density at radius 2 is 1.77 bits per heavy atom. The van der Waals surface area contributed by atoms with Crippen LogP contribution in [0.5, 0.6) is 5.75 Å². The number of rotatable bonds is 6. The number of aromatic nitrogens is 2. The van der Waals surface area contributed by atoms with Gasteiger partial charge in [0, 0.05) is 44.1 Å². The Bertz CT molecular complexity index is 1080. The van der Waals surface area contributed by atoms with Crippen LogP contribution in [0.25, 0.3) is 10.6 Å². The summed E-state index contributed by atoms with van der Waals surface area (Å²) in [4.78, 5) is 3.35. The van der Waals surface area contributed by atoms with Crippen LogP contribution in [0.1, 0.15) is 19.9 Å². The van der Waals surface area contributed by atoms with E-state index in [2.05, 4.69) is 10.00 Å². The molecule has 1 aromatic carbocycles. The molecule has 0 aliphatic carbocycles. The third-order valence-corrected chi connectivity index (χ3v) is 8.05. The maximum atomic E-state index is 13.5. The van der Waals surface area contributed by atoms with Gasteiger partial charge in [0.1, 0.15) is 16.3 Å². The lowest BCUT2D eigenvalue weighted by Gasteiger charge is -2.35. The fraction of sp³-hybridized carbons (Fsp3) is 0.381. The highest BCUT2D eigenvalue weighted by atomic mass is 32.2. The fourth-order valence-electron chi connectivity index (χ4n) is 3.53. The Balaban J connectivity index is 1.56. The third kappa shape index (κ3) is 3.97. The van der Waals surface area contributed by atoms with Crippen LogP contribution in [0.3, 0.4) is 0 Å². The molecule has 0 spiro atoms. The second-order valence-corrected chi connectivity index (χ2v) is 10.3. The summed E-state index contributed by atoms with van der Waals surface area (Å²) in [6, 6.07) is 11.8. The highest BCUT2D eigenvalue weighted by Gasteiger charge is 2.33. The smallest absolute Gasteiger partial charge is 0.246 e. The van der Waals surface area contributed by atoms with Crippen molar-refractivity contribution in [1.82, 2.24) is 14.1 Å². The molecule has 1 aliphatic rings. The Hall–Kier alpha value is -2.36. The second-order valence-electron chi connectivity index (χ2n) is 7.48. The molecule has 0 unspecified atom stereocenters. The molecule has 0 N–H and O–H groups in total. The van der Waals surface area contributed by atoms with E-state index in [4.69, 9.17) is 4.74 Å². The minimum Gasteiger partial charge on any atom is -0.497 e. The second kappa shape index (κ2) is 8.41. The SMILES string of the molecule is COc1ccc(N2CCN(S(=O)(=O)c3cn(C(C)C)nc3-c3cccs3)CC2)cc1. The summed E-state index contributed by atoms with van der Waals surface area (Å²) in [6.45, 7) is 6.14. The van der Waals surface area contributed by atoms with Gasteiger partial charge in [-0.1, -0.05) is 6.07 Å². The van der Waals surface area contributed by atoms with Crippen LogP contribution in [0.15, 0.2) is 52.9 Å². The minimum atomic E-state index is -3.64. The molecule has 1 aliphatic heterocycles. The first-order chi connectivity index (χ1) is 14.4. The highest BCUT2D eigenvalue weighted by Crippen LogP contribution is 2.33. The summed E-state index contributed by atoms with van der Waals surface area (Å²) in [6.07, 6.45) is 1.67. The van der Waals surface area contributed by atoms with E-state index < -0.39 is 10.0 Å². The number of nitrogens with zero attached hydrogens (tertiary/aromatic N) is 4. The normalized spacial score (nSPS) is 15.7. The Kier molecular flexibility index (Phi) is 5.86. The number of thiophene rings is 1. The fourth-order valence-corrected chi connectivity index (χ4v) is 5.88. The molecule has 1 saturated heterocycles. The third-order valence-electron chi connectivity index (χ3n) is 5.28. The maximum Gasteiger partial charge on any atom is 0.246 e. The number of hydrogen-bond donors (Lipinski definition) is 0. The van der Waals surface area contributed by atoms with E-state index in [1.807, 2.05) is 55.6 Å². The quantitative estimate of drug-likeness (QED) is 0.577. The number of ether oxygens (including phenoxy) is 1. The zero-order valence-corrected chi connectivity index (χ0v) is 19.0. The zero-order valence-electron chi connectivity index (χ0n) is 17.4. The van der Waals surface area contributed by atoms with Crippen molar-refractivity contribution in [3.63, 3.8) is 0 Å². The van der Waals surface area contributed by atoms with E-state index in [0.717, 1.165) is 16.3 Å². The molecular formula is C21H26N4O3S2. The Labute approximate surface area is 181 Å². The molecule has 0 saturated carbocycles. The van der Waals surface area contributed by atoms with Crippen molar-refractivity contribution in [2.75, 3.05) is 38.2 Å². The van der Waals surface area contributed by atoms with E-state index in [0.29, 0.717) is 31.9 Å². The van der Waals surface area contributed by atoms with Crippen molar-refractivity contribution in [3.05, 3.63) is 48.0 Å². The molecule has 30 heavy (non-hydrogen) atoms. The summed E-state index contributed by atoms with van der Waals surface area (Å²) < 4.78 is 35.5. The van der Waals surface area contributed by atoms with Crippen LogP contribution in [0.2, 0.25) is 0 Å². The molecule has 2 aromatic heterocycles. The van der Waals surface area contributed by atoms with E-state index in [1.54, 1.807) is 22.3 Å². The lowest BCUT2D eigenvalue weighted by Crippen LogP contribution is -2.48. The van der Waals surface area contributed by atoms with Crippen LogP contribution in [0.4, 0.5) is 5.69 Å². The van der Waals surface area contributed by atoms with Crippen molar-refractivity contribution in [2.45, 2.75) is 24.8 Å². The van der Waals surface area contributed by atoms with E-state index >= 15 is 0 Å². The number of benzene rings is 1. The molecule has 0 amide bonds. The first kappa shape index (κ1) is 20.9. The van der Waals surface area contributed by atoms with Crippen molar-refractivity contribution in [1.29, 1.82) is 0 Å². The molecule has 7 nitrogen and oxygen atoms in total. The van der Waals surface area contributed by atoms with Gasteiger partial charge in [-0.3, -0.25) is 4.68 Å². The first-order valence-electron chi connectivity index (χ1n) is 9.92. The number of sulfonamides is 1. The van der Waals surface area contributed by atoms with Crippen LogP contribution in [-0.4, -0.2) is 55.8 Å². The van der Waals surface area contributed by atoms with Crippen LogP contribution in [0, 0.1) is 0 Å². The van der Waals surface area contributed by atoms with Crippen LogP contribution < -0.4 is 9.64 Å². The van der Waals surface area contributed by atoms with Crippen molar-refractivity contribution in [3.8, 4) is 16.3 Å². The van der Waals surface area contributed by atoms with Gasteiger partial charge >= 0.3 is 0 Å². The largest absolute Gasteiger partial charge is 0.497 e. The highest BCUT2D eigenvalue weighted by molar-refractivity contribution is 7.89. The summed E-state index contributed by atoms with van der Waals surface area (Å²) >= 11 is 1.50. The molecule has 1 fully saturated rings. The Morgan fingerprint density at radius 1 is 1.07 bits per heavy atom. The molecule has 3 aromatic rings. The van der Waals surface area contributed by atoms with E-state index in [9.17, 15) is 8.42 Å². The zero-order chi connectivity index (χ0) is 21.3. The molecule has 0 atom stereocenters. The van der Waals surface area contributed by atoms with Gasteiger partial charge in [0.05, 0.1) is 12.0 Å². The van der Waals surface area contributed by atoms with Crippen molar-refractivity contribution >= 4 is 27.0 Å². The molecule has 3 heterocycles. The predicted octanol–water partition coefficient (Wildman–Crippen LogP) is 3.71. The first-order valence-corrected chi connectivity index (χ1v) is 12.2. The van der Waals surface area contributed by atoms with Gasteiger partial charge in [0.25, 0.3) is 0 Å². The maximum absolute atomic E-state index is 13.5. The standard InChI is InChI=1S/C21H26N4O3S2/c1-16(2)25-15-20(21(22-25)19-5-4-14-29-19)30(26,27)24-12-10-23(11-13-24)17-6-8-18(28-3)9-7-17/h4-9,14-16H,10-13H2,1-3H3. The number of piperazine rings is 1. The number of anilines is 1. The molecule has 4 rings (SSSR count). The van der Waals surface area contributed by atoms with Gasteiger partial charge < -0.3 is 9.64 Å². The summed E-state index contributed by atoms with van der Waals surface area (Å²) in [7, 11) is -1.99.